The second kappa shape index (κ2) is 8.92. The minimum absolute atomic E-state index is 0.0899. The molecule has 1 atom stereocenters. The van der Waals surface area contributed by atoms with Crippen LogP contribution < -0.4 is 10.1 Å². The number of benzene rings is 1. The van der Waals surface area contributed by atoms with E-state index in [1.54, 1.807) is 4.68 Å². The smallest absolute Gasteiger partial charge is 0.220 e. The third-order valence-electron chi connectivity index (χ3n) is 3.53. The van der Waals surface area contributed by atoms with Crippen molar-refractivity contribution >= 4 is 5.91 Å². The Morgan fingerprint density at radius 3 is 2.87 bits per heavy atom. The fourth-order valence-electron chi connectivity index (χ4n) is 2.04. The Balaban J connectivity index is 1.69. The number of aryl methyl sites for hydroxylation is 1. The average Bonchev–Trinajstić information content (AvgIpc) is 3.01. The van der Waals surface area contributed by atoms with E-state index in [9.17, 15) is 4.79 Å². The number of carbonyl (C=O) groups is 1. The molecule has 0 radical (unpaired) electrons. The van der Waals surface area contributed by atoms with Gasteiger partial charge in [0.2, 0.25) is 5.91 Å². The topological polar surface area (TPSA) is 69.0 Å². The van der Waals surface area contributed by atoms with Crippen molar-refractivity contribution in [3.63, 3.8) is 0 Å². The minimum Gasteiger partial charge on any atom is -0.487 e. The summed E-state index contributed by atoms with van der Waals surface area (Å²) >= 11 is 0. The van der Waals surface area contributed by atoms with Crippen LogP contribution in [0.3, 0.4) is 0 Å². The summed E-state index contributed by atoms with van der Waals surface area (Å²) in [6, 6.07) is 9.84. The molecule has 2 aromatic rings. The van der Waals surface area contributed by atoms with Crippen LogP contribution in [0.15, 0.2) is 36.5 Å². The van der Waals surface area contributed by atoms with Gasteiger partial charge in [0.1, 0.15) is 18.1 Å². The monoisotopic (exact) mass is 316 g/mol. The molecule has 0 bridgehead atoms. The van der Waals surface area contributed by atoms with Crippen LogP contribution in [0.2, 0.25) is 0 Å². The summed E-state index contributed by atoms with van der Waals surface area (Å²) < 4.78 is 7.37. The second-order valence-electron chi connectivity index (χ2n) is 5.56. The van der Waals surface area contributed by atoms with Crippen LogP contribution in [0.4, 0.5) is 0 Å². The molecule has 1 aromatic heterocycles. The van der Waals surface area contributed by atoms with Crippen molar-refractivity contribution in [3.05, 3.63) is 42.2 Å². The average molecular weight is 316 g/mol. The second-order valence-corrected chi connectivity index (χ2v) is 5.56. The Morgan fingerprint density at radius 2 is 2.13 bits per heavy atom. The molecule has 0 saturated heterocycles. The summed E-state index contributed by atoms with van der Waals surface area (Å²) in [6.07, 6.45) is 4.04. The SMILES string of the molecule is CC[C@H](C)NC(=O)CCCn1cc(COc2ccccc2)nn1. The maximum atomic E-state index is 11.7. The van der Waals surface area contributed by atoms with Gasteiger partial charge in [0.05, 0.1) is 6.20 Å². The number of ether oxygens (including phenoxy) is 1. The summed E-state index contributed by atoms with van der Waals surface area (Å²) in [5.41, 5.74) is 0.776. The number of amides is 1. The summed E-state index contributed by atoms with van der Waals surface area (Å²) in [5.74, 6) is 0.899. The van der Waals surface area contributed by atoms with Crippen molar-refractivity contribution in [1.29, 1.82) is 0 Å². The fraction of sp³-hybridized carbons (Fsp3) is 0.471. The molecule has 1 aromatic carbocycles. The van der Waals surface area contributed by atoms with E-state index in [1.165, 1.54) is 0 Å². The van der Waals surface area contributed by atoms with Gasteiger partial charge in [-0.2, -0.15) is 0 Å². The highest BCUT2D eigenvalue weighted by Gasteiger charge is 2.06. The van der Waals surface area contributed by atoms with E-state index in [4.69, 9.17) is 4.74 Å². The number of carbonyl (C=O) groups excluding carboxylic acids is 1. The van der Waals surface area contributed by atoms with Crippen molar-refractivity contribution in [1.82, 2.24) is 20.3 Å². The zero-order chi connectivity index (χ0) is 16.5. The summed E-state index contributed by atoms with van der Waals surface area (Å²) in [5, 5.41) is 11.1. The Labute approximate surface area is 136 Å². The number of nitrogens with one attached hydrogen (secondary N) is 1. The molecule has 0 unspecified atom stereocenters. The molecule has 0 spiro atoms. The van der Waals surface area contributed by atoms with Crippen LogP contribution in [0.1, 0.15) is 38.8 Å². The van der Waals surface area contributed by atoms with E-state index >= 15 is 0 Å². The molecule has 0 aliphatic carbocycles. The first-order chi connectivity index (χ1) is 11.2. The van der Waals surface area contributed by atoms with E-state index in [2.05, 4.69) is 22.6 Å². The van der Waals surface area contributed by atoms with Gasteiger partial charge in [-0.15, -0.1) is 5.10 Å². The number of hydrogen-bond donors (Lipinski definition) is 1. The highest BCUT2D eigenvalue weighted by atomic mass is 16.5. The molecule has 1 heterocycles. The Kier molecular flexibility index (Phi) is 6.59. The molecular weight excluding hydrogens is 292 g/mol. The Hall–Kier alpha value is -2.37. The van der Waals surface area contributed by atoms with E-state index in [0.717, 1.165) is 24.3 Å². The van der Waals surface area contributed by atoms with Crippen molar-refractivity contribution in [2.75, 3.05) is 0 Å². The van der Waals surface area contributed by atoms with Gasteiger partial charge in [0.25, 0.3) is 0 Å². The van der Waals surface area contributed by atoms with Crippen molar-refractivity contribution in [2.24, 2.45) is 0 Å². The molecule has 23 heavy (non-hydrogen) atoms. The Bertz CT molecular complexity index is 598. The molecule has 0 aliphatic rings. The molecule has 0 saturated carbocycles. The van der Waals surface area contributed by atoms with Gasteiger partial charge in [0, 0.05) is 19.0 Å². The molecule has 0 aliphatic heterocycles. The van der Waals surface area contributed by atoms with E-state index in [-0.39, 0.29) is 11.9 Å². The number of hydrogen-bond acceptors (Lipinski definition) is 4. The third-order valence-corrected chi connectivity index (χ3v) is 3.53. The lowest BCUT2D eigenvalue weighted by atomic mass is 10.2. The molecule has 1 N–H and O–H groups in total. The van der Waals surface area contributed by atoms with Crippen molar-refractivity contribution < 1.29 is 9.53 Å². The molecule has 6 heteroatoms. The van der Waals surface area contributed by atoms with Crippen LogP contribution >= 0.6 is 0 Å². The van der Waals surface area contributed by atoms with Gasteiger partial charge in [0.15, 0.2) is 0 Å². The zero-order valence-corrected chi connectivity index (χ0v) is 13.7. The molecule has 124 valence electrons. The summed E-state index contributed by atoms with van der Waals surface area (Å²) in [4.78, 5) is 11.7. The minimum atomic E-state index is 0.0899. The van der Waals surface area contributed by atoms with Gasteiger partial charge in [-0.3, -0.25) is 9.48 Å². The van der Waals surface area contributed by atoms with Crippen LogP contribution in [0.5, 0.6) is 5.75 Å². The molecule has 6 nitrogen and oxygen atoms in total. The number of rotatable bonds is 9. The standard InChI is InChI=1S/C17H24N4O2/c1-3-14(2)18-17(22)10-7-11-21-12-15(19-20-21)13-23-16-8-5-4-6-9-16/h4-6,8-9,12,14H,3,7,10-11,13H2,1-2H3,(H,18,22)/t14-/m0/s1. The number of aromatic nitrogens is 3. The maximum Gasteiger partial charge on any atom is 0.220 e. The van der Waals surface area contributed by atoms with Gasteiger partial charge in [-0.1, -0.05) is 30.3 Å². The highest BCUT2D eigenvalue weighted by molar-refractivity contribution is 5.76. The lowest BCUT2D eigenvalue weighted by molar-refractivity contribution is -0.121. The van der Waals surface area contributed by atoms with Gasteiger partial charge >= 0.3 is 0 Å². The number of para-hydroxylation sites is 1. The van der Waals surface area contributed by atoms with Gasteiger partial charge < -0.3 is 10.1 Å². The predicted octanol–water partition coefficient (Wildman–Crippen LogP) is 2.55. The third kappa shape index (κ3) is 6.10. The summed E-state index contributed by atoms with van der Waals surface area (Å²) in [6.45, 7) is 5.12. The maximum absolute atomic E-state index is 11.7. The highest BCUT2D eigenvalue weighted by Crippen LogP contribution is 2.10. The molecule has 0 fully saturated rings. The quantitative estimate of drug-likeness (QED) is 0.772. The van der Waals surface area contributed by atoms with Crippen LogP contribution in [-0.2, 0) is 17.9 Å². The lowest BCUT2D eigenvalue weighted by Crippen LogP contribution is -2.31. The molecule has 1 amide bonds. The van der Waals surface area contributed by atoms with Gasteiger partial charge in [-0.25, -0.2) is 0 Å². The van der Waals surface area contributed by atoms with Crippen molar-refractivity contribution in [2.45, 2.75) is 52.3 Å². The normalized spacial score (nSPS) is 11.9. The van der Waals surface area contributed by atoms with Crippen LogP contribution in [-0.4, -0.2) is 26.9 Å². The van der Waals surface area contributed by atoms with Crippen LogP contribution in [0.25, 0.3) is 0 Å². The summed E-state index contributed by atoms with van der Waals surface area (Å²) in [7, 11) is 0. The first kappa shape index (κ1) is 17.0. The Morgan fingerprint density at radius 1 is 1.35 bits per heavy atom. The first-order valence-electron chi connectivity index (χ1n) is 8.03. The predicted molar refractivity (Wildman–Crippen MR) is 87.9 cm³/mol. The lowest BCUT2D eigenvalue weighted by Gasteiger charge is -2.10. The fourth-order valence-corrected chi connectivity index (χ4v) is 2.04. The number of nitrogens with zero attached hydrogens (tertiary/aromatic N) is 3. The first-order valence-corrected chi connectivity index (χ1v) is 8.03. The van der Waals surface area contributed by atoms with E-state index < -0.39 is 0 Å². The zero-order valence-electron chi connectivity index (χ0n) is 13.7. The van der Waals surface area contributed by atoms with Crippen molar-refractivity contribution in [3.8, 4) is 5.75 Å². The van der Waals surface area contributed by atoms with Crippen LogP contribution in [0, 0.1) is 0 Å². The molecular formula is C17H24N4O2. The largest absolute Gasteiger partial charge is 0.487 e. The van der Waals surface area contributed by atoms with E-state index in [1.807, 2.05) is 43.5 Å². The van der Waals surface area contributed by atoms with Gasteiger partial charge in [-0.05, 0) is 31.9 Å². The van der Waals surface area contributed by atoms with E-state index in [0.29, 0.717) is 19.6 Å². The molecule has 2 rings (SSSR count).